The van der Waals surface area contributed by atoms with Gasteiger partial charge in [-0.2, -0.15) is 5.26 Å². The molecule has 1 atom stereocenters. The minimum Gasteiger partial charge on any atom is -0.480 e. The largest absolute Gasteiger partial charge is 0.480 e. The van der Waals surface area contributed by atoms with Gasteiger partial charge >= 0.3 is 5.97 Å². The summed E-state index contributed by atoms with van der Waals surface area (Å²) in [5.74, 6) is 3.93. The quantitative estimate of drug-likeness (QED) is 0.599. The van der Waals surface area contributed by atoms with Gasteiger partial charge in [-0.1, -0.05) is 5.92 Å². The maximum Gasteiger partial charge on any atom is 0.322 e. The molecule has 58 valence electrons. The van der Waals surface area contributed by atoms with Crippen LogP contribution in [0.5, 0.6) is 0 Å². The number of aliphatic carboxylic acids is 1. The number of hydrogen-bond donors (Lipinski definition) is 1. The number of carboxylic acid groups (broad SMARTS) is 1. The predicted molar refractivity (Wildman–Crippen MR) is 39.4 cm³/mol. The molecule has 0 amide bonds. The first-order valence-corrected chi connectivity index (χ1v) is 3.11. The summed E-state index contributed by atoms with van der Waals surface area (Å²) in [6, 6.07) is 1.79. The van der Waals surface area contributed by atoms with Crippen LogP contribution in [0.25, 0.3) is 0 Å². The number of rotatable bonds is 2. The molecule has 0 bridgehead atoms. The standard InChI is InChI=1S/C8H9NO2/c1-3-4-8(2,5-6-9)7(10)11/h5H2,1-2H3,(H,10,11). The zero-order valence-corrected chi connectivity index (χ0v) is 6.51. The molecule has 0 heterocycles. The Morgan fingerprint density at radius 2 is 2.27 bits per heavy atom. The monoisotopic (exact) mass is 151 g/mol. The first-order chi connectivity index (χ1) is 5.06. The van der Waals surface area contributed by atoms with Gasteiger partial charge in [-0.3, -0.25) is 4.79 Å². The highest BCUT2D eigenvalue weighted by atomic mass is 16.4. The summed E-state index contributed by atoms with van der Waals surface area (Å²) in [5.41, 5.74) is -1.20. The maximum atomic E-state index is 10.5. The molecule has 0 aliphatic carbocycles. The first kappa shape index (κ1) is 9.52. The molecule has 0 aliphatic rings. The smallest absolute Gasteiger partial charge is 0.322 e. The van der Waals surface area contributed by atoms with Crippen molar-refractivity contribution in [2.45, 2.75) is 20.3 Å². The van der Waals surface area contributed by atoms with Crippen LogP contribution in [0.1, 0.15) is 20.3 Å². The molecule has 3 heteroatoms. The van der Waals surface area contributed by atoms with Crippen LogP contribution in [0.15, 0.2) is 0 Å². The van der Waals surface area contributed by atoms with Crippen LogP contribution >= 0.6 is 0 Å². The van der Waals surface area contributed by atoms with Crippen LogP contribution in [0.2, 0.25) is 0 Å². The lowest BCUT2D eigenvalue weighted by molar-refractivity contribution is -0.144. The summed E-state index contributed by atoms with van der Waals surface area (Å²) >= 11 is 0. The zero-order valence-electron chi connectivity index (χ0n) is 6.51. The molecule has 0 saturated heterocycles. The molecule has 0 aromatic heterocycles. The molecular formula is C8H9NO2. The van der Waals surface area contributed by atoms with Crippen molar-refractivity contribution >= 4 is 5.97 Å². The summed E-state index contributed by atoms with van der Waals surface area (Å²) < 4.78 is 0. The fourth-order valence-corrected chi connectivity index (χ4v) is 0.607. The molecule has 0 aromatic carbocycles. The van der Waals surface area contributed by atoms with E-state index < -0.39 is 11.4 Å². The van der Waals surface area contributed by atoms with E-state index >= 15 is 0 Å². The van der Waals surface area contributed by atoms with Gasteiger partial charge in [0.25, 0.3) is 0 Å². The van der Waals surface area contributed by atoms with Gasteiger partial charge in [0.1, 0.15) is 5.41 Å². The molecular weight excluding hydrogens is 142 g/mol. The fraction of sp³-hybridized carbons (Fsp3) is 0.500. The van der Waals surface area contributed by atoms with E-state index in [1.165, 1.54) is 6.92 Å². The number of nitrogens with zero attached hydrogens (tertiary/aromatic N) is 1. The molecule has 0 radical (unpaired) electrons. The van der Waals surface area contributed by atoms with E-state index in [4.69, 9.17) is 10.4 Å². The van der Waals surface area contributed by atoms with Crippen molar-refractivity contribution in [2.75, 3.05) is 0 Å². The summed E-state index contributed by atoms with van der Waals surface area (Å²) in [5, 5.41) is 16.9. The van der Waals surface area contributed by atoms with Crippen LogP contribution in [-0.2, 0) is 4.79 Å². The van der Waals surface area contributed by atoms with Crippen molar-refractivity contribution in [3.05, 3.63) is 0 Å². The van der Waals surface area contributed by atoms with E-state index in [-0.39, 0.29) is 6.42 Å². The highest BCUT2D eigenvalue weighted by Gasteiger charge is 2.30. The average molecular weight is 151 g/mol. The minimum atomic E-state index is -1.20. The summed E-state index contributed by atoms with van der Waals surface area (Å²) in [4.78, 5) is 10.5. The van der Waals surface area contributed by atoms with Crippen LogP contribution in [0, 0.1) is 28.6 Å². The fourth-order valence-electron chi connectivity index (χ4n) is 0.607. The van der Waals surface area contributed by atoms with Crippen molar-refractivity contribution < 1.29 is 9.90 Å². The Labute approximate surface area is 65.6 Å². The van der Waals surface area contributed by atoms with Crippen LogP contribution in [-0.4, -0.2) is 11.1 Å². The van der Waals surface area contributed by atoms with Crippen molar-refractivity contribution in [3.63, 3.8) is 0 Å². The van der Waals surface area contributed by atoms with E-state index in [9.17, 15) is 4.79 Å². The van der Waals surface area contributed by atoms with E-state index in [1.807, 2.05) is 0 Å². The van der Waals surface area contributed by atoms with E-state index in [0.29, 0.717) is 0 Å². The second-order valence-electron chi connectivity index (χ2n) is 2.35. The van der Waals surface area contributed by atoms with Crippen molar-refractivity contribution in [3.8, 4) is 17.9 Å². The molecule has 3 nitrogen and oxygen atoms in total. The average Bonchev–Trinajstić information content (AvgIpc) is 1.88. The summed E-state index contributed by atoms with van der Waals surface area (Å²) in [6.07, 6.45) is -0.0802. The summed E-state index contributed by atoms with van der Waals surface area (Å²) in [6.45, 7) is 2.99. The third kappa shape index (κ3) is 2.31. The van der Waals surface area contributed by atoms with Gasteiger partial charge in [0.05, 0.1) is 12.5 Å². The van der Waals surface area contributed by atoms with Crippen LogP contribution in [0.4, 0.5) is 0 Å². The molecule has 1 N–H and O–H groups in total. The molecule has 0 aliphatic heterocycles. The Balaban J connectivity index is 4.64. The van der Waals surface area contributed by atoms with Gasteiger partial charge in [-0.25, -0.2) is 0 Å². The number of carboxylic acids is 1. The Kier molecular flexibility index (Phi) is 3.14. The highest BCUT2D eigenvalue weighted by molar-refractivity contribution is 5.78. The van der Waals surface area contributed by atoms with Crippen LogP contribution < -0.4 is 0 Å². The zero-order chi connectivity index (χ0) is 8.91. The highest BCUT2D eigenvalue weighted by Crippen LogP contribution is 2.19. The lowest BCUT2D eigenvalue weighted by Crippen LogP contribution is -2.24. The Hall–Kier alpha value is -1.48. The topological polar surface area (TPSA) is 61.1 Å². The Morgan fingerprint density at radius 3 is 2.55 bits per heavy atom. The maximum absolute atomic E-state index is 10.5. The number of carbonyl (C=O) groups is 1. The van der Waals surface area contributed by atoms with Crippen molar-refractivity contribution in [1.29, 1.82) is 5.26 Å². The molecule has 1 unspecified atom stereocenters. The van der Waals surface area contributed by atoms with Gasteiger partial charge in [0.2, 0.25) is 0 Å². The lowest BCUT2D eigenvalue weighted by atomic mass is 9.88. The van der Waals surface area contributed by atoms with Gasteiger partial charge in [-0.15, -0.1) is 5.92 Å². The molecule has 0 spiro atoms. The summed E-state index contributed by atoms with van der Waals surface area (Å²) in [7, 11) is 0. The van der Waals surface area contributed by atoms with E-state index in [2.05, 4.69) is 11.8 Å². The van der Waals surface area contributed by atoms with Gasteiger partial charge in [0.15, 0.2) is 0 Å². The normalized spacial score (nSPS) is 13.5. The SMILES string of the molecule is CC#CC(C)(CC#N)C(=O)O. The van der Waals surface area contributed by atoms with Crippen molar-refractivity contribution in [1.82, 2.24) is 0 Å². The molecule has 0 fully saturated rings. The molecule has 0 rings (SSSR count). The first-order valence-electron chi connectivity index (χ1n) is 3.11. The van der Waals surface area contributed by atoms with Crippen LogP contribution in [0.3, 0.4) is 0 Å². The van der Waals surface area contributed by atoms with Gasteiger partial charge in [-0.05, 0) is 13.8 Å². The van der Waals surface area contributed by atoms with Gasteiger partial charge in [0, 0.05) is 0 Å². The second kappa shape index (κ2) is 3.63. The lowest BCUT2D eigenvalue weighted by Gasteiger charge is -2.12. The molecule has 0 aromatic rings. The van der Waals surface area contributed by atoms with Crippen molar-refractivity contribution in [2.24, 2.45) is 5.41 Å². The van der Waals surface area contributed by atoms with Gasteiger partial charge < -0.3 is 5.11 Å². The number of nitriles is 1. The Morgan fingerprint density at radius 1 is 1.73 bits per heavy atom. The predicted octanol–water partition coefficient (Wildman–Crippen LogP) is 1.01. The van der Waals surface area contributed by atoms with E-state index in [1.54, 1.807) is 13.0 Å². The number of hydrogen-bond acceptors (Lipinski definition) is 2. The molecule has 11 heavy (non-hydrogen) atoms. The minimum absolute atomic E-state index is 0.0802. The second-order valence-corrected chi connectivity index (χ2v) is 2.35. The van der Waals surface area contributed by atoms with E-state index in [0.717, 1.165) is 0 Å². The molecule has 0 saturated carbocycles. The third-order valence-electron chi connectivity index (χ3n) is 1.31. The Bertz CT molecular complexity index is 253. The third-order valence-corrected chi connectivity index (χ3v) is 1.31.